The van der Waals surface area contributed by atoms with Gasteiger partial charge in [-0.1, -0.05) is 15.9 Å². The van der Waals surface area contributed by atoms with Gasteiger partial charge in [-0.05, 0) is 24.3 Å². The minimum absolute atomic E-state index is 0.332. The van der Waals surface area contributed by atoms with Crippen molar-refractivity contribution < 1.29 is 13.9 Å². The van der Waals surface area contributed by atoms with Gasteiger partial charge in [-0.2, -0.15) is 0 Å². The van der Waals surface area contributed by atoms with Crippen LogP contribution in [0.4, 0.5) is 0 Å². The summed E-state index contributed by atoms with van der Waals surface area (Å²) in [6, 6.07) is 6.90. The Labute approximate surface area is 107 Å². The van der Waals surface area contributed by atoms with Crippen molar-refractivity contribution in [3.05, 3.63) is 34.5 Å². The average Bonchev–Trinajstić information content (AvgIpc) is 2.69. The smallest absolute Gasteiger partial charge is 0.323 e. The highest BCUT2D eigenvalue weighted by molar-refractivity contribution is 9.10. The third-order valence-electron chi connectivity index (χ3n) is 2.45. The molecule has 0 aliphatic carbocycles. The van der Waals surface area contributed by atoms with Gasteiger partial charge in [-0.15, -0.1) is 0 Å². The lowest BCUT2D eigenvalue weighted by Crippen LogP contribution is -2.33. The van der Waals surface area contributed by atoms with Crippen molar-refractivity contribution in [1.82, 2.24) is 0 Å². The number of fused-ring (bicyclic) bond motifs is 1. The van der Waals surface area contributed by atoms with Gasteiger partial charge in [-0.25, -0.2) is 0 Å². The topological polar surface area (TPSA) is 65.5 Å². The van der Waals surface area contributed by atoms with Gasteiger partial charge in [0.25, 0.3) is 0 Å². The molecule has 17 heavy (non-hydrogen) atoms. The second kappa shape index (κ2) is 4.89. The molecule has 0 spiro atoms. The molecule has 1 aromatic carbocycles. The molecule has 0 saturated carbocycles. The van der Waals surface area contributed by atoms with E-state index >= 15 is 0 Å². The first-order valence-corrected chi connectivity index (χ1v) is 5.91. The van der Waals surface area contributed by atoms with Gasteiger partial charge in [0.05, 0.1) is 7.11 Å². The number of furan rings is 1. The molecule has 1 unspecified atom stereocenters. The van der Waals surface area contributed by atoms with Gasteiger partial charge >= 0.3 is 5.97 Å². The standard InChI is InChI=1S/C12H12BrNO3/c1-16-12(15)10(14)6-9-5-7-4-8(13)2-3-11(7)17-9/h2-5,10H,6,14H2,1H3. The monoisotopic (exact) mass is 297 g/mol. The normalized spacial score (nSPS) is 12.6. The van der Waals surface area contributed by atoms with Crippen molar-refractivity contribution in [2.45, 2.75) is 12.5 Å². The molecule has 0 saturated heterocycles. The zero-order valence-electron chi connectivity index (χ0n) is 9.27. The van der Waals surface area contributed by atoms with Crippen molar-refractivity contribution in [1.29, 1.82) is 0 Å². The molecule has 0 amide bonds. The minimum Gasteiger partial charge on any atom is -0.468 e. The number of benzene rings is 1. The molecule has 2 aromatic rings. The number of hydrogen-bond acceptors (Lipinski definition) is 4. The number of rotatable bonds is 3. The maximum absolute atomic E-state index is 11.2. The van der Waals surface area contributed by atoms with Crippen LogP contribution in [-0.2, 0) is 16.0 Å². The van der Waals surface area contributed by atoms with Crippen LogP contribution in [0.5, 0.6) is 0 Å². The Balaban J connectivity index is 2.22. The quantitative estimate of drug-likeness (QED) is 0.883. The van der Waals surface area contributed by atoms with E-state index in [0.717, 1.165) is 15.4 Å². The molecule has 5 heteroatoms. The minimum atomic E-state index is -0.691. The lowest BCUT2D eigenvalue weighted by Gasteiger charge is -2.05. The van der Waals surface area contributed by atoms with Gasteiger partial charge in [0.1, 0.15) is 17.4 Å². The van der Waals surface area contributed by atoms with E-state index in [1.165, 1.54) is 7.11 Å². The molecular formula is C12H12BrNO3. The number of esters is 1. The molecule has 2 rings (SSSR count). The van der Waals surface area contributed by atoms with Crippen LogP contribution in [-0.4, -0.2) is 19.1 Å². The first-order chi connectivity index (χ1) is 8.10. The van der Waals surface area contributed by atoms with E-state index in [1.807, 2.05) is 24.3 Å². The van der Waals surface area contributed by atoms with Crippen molar-refractivity contribution in [3.63, 3.8) is 0 Å². The third kappa shape index (κ3) is 2.68. The van der Waals surface area contributed by atoms with Crippen LogP contribution in [0.25, 0.3) is 11.0 Å². The van der Waals surface area contributed by atoms with E-state index in [0.29, 0.717) is 12.2 Å². The molecule has 90 valence electrons. The summed E-state index contributed by atoms with van der Waals surface area (Å²) in [5, 5.41) is 0.978. The Morgan fingerprint density at radius 2 is 2.29 bits per heavy atom. The fourth-order valence-electron chi connectivity index (χ4n) is 1.62. The van der Waals surface area contributed by atoms with Crippen molar-refractivity contribution >= 4 is 32.9 Å². The molecule has 0 radical (unpaired) electrons. The lowest BCUT2D eigenvalue weighted by atomic mass is 10.1. The van der Waals surface area contributed by atoms with E-state index in [4.69, 9.17) is 10.2 Å². The fraction of sp³-hybridized carbons (Fsp3) is 0.250. The first-order valence-electron chi connectivity index (χ1n) is 5.11. The lowest BCUT2D eigenvalue weighted by molar-refractivity contribution is -0.142. The van der Waals surface area contributed by atoms with Crippen LogP contribution in [0.15, 0.2) is 33.2 Å². The summed E-state index contributed by atoms with van der Waals surface area (Å²) >= 11 is 3.39. The number of ether oxygens (including phenoxy) is 1. The van der Waals surface area contributed by atoms with Crippen molar-refractivity contribution in [2.24, 2.45) is 5.73 Å². The molecular weight excluding hydrogens is 286 g/mol. The van der Waals surface area contributed by atoms with Crippen LogP contribution in [0, 0.1) is 0 Å². The van der Waals surface area contributed by atoms with E-state index in [-0.39, 0.29) is 0 Å². The Morgan fingerprint density at radius 1 is 1.53 bits per heavy atom. The number of halogens is 1. The zero-order valence-corrected chi connectivity index (χ0v) is 10.9. The van der Waals surface area contributed by atoms with Crippen molar-refractivity contribution in [3.8, 4) is 0 Å². The summed E-state index contributed by atoms with van der Waals surface area (Å²) in [5.74, 6) is 0.239. The van der Waals surface area contributed by atoms with Gasteiger partial charge in [0, 0.05) is 16.3 Å². The van der Waals surface area contributed by atoms with Crippen LogP contribution in [0.3, 0.4) is 0 Å². The van der Waals surface area contributed by atoms with Crippen molar-refractivity contribution in [2.75, 3.05) is 7.11 Å². The number of carbonyl (C=O) groups is 1. The maximum atomic E-state index is 11.2. The summed E-state index contributed by atoms with van der Waals surface area (Å²) in [4.78, 5) is 11.2. The van der Waals surface area contributed by atoms with E-state index < -0.39 is 12.0 Å². The first kappa shape index (κ1) is 12.1. The highest BCUT2D eigenvalue weighted by atomic mass is 79.9. The molecule has 0 fully saturated rings. The second-order valence-electron chi connectivity index (χ2n) is 3.73. The Bertz CT molecular complexity index is 550. The highest BCUT2D eigenvalue weighted by Gasteiger charge is 2.16. The summed E-state index contributed by atoms with van der Waals surface area (Å²) < 4.78 is 11.1. The van der Waals surface area contributed by atoms with E-state index in [2.05, 4.69) is 20.7 Å². The summed E-state index contributed by atoms with van der Waals surface area (Å²) in [5.41, 5.74) is 6.45. The molecule has 0 aliphatic rings. The molecule has 0 bridgehead atoms. The second-order valence-corrected chi connectivity index (χ2v) is 4.64. The number of carbonyl (C=O) groups excluding carboxylic acids is 1. The van der Waals surface area contributed by atoms with Crippen LogP contribution < -0.4 is 5.73 Å². The highest BCUT2D eigenvalue weighted by Crippen LogP contribution is 2.23. The SMILES string of the molecule is COC(=O)C(N)Cc1cc2cc(Br)ccc2o1. The molecule has 1 heterocycles. The molecule has 1 aromatic heterocycles. The molecule has 4 nitrogen and oxygen atoms in total. The summed E-state index contributed by atoms with van der Waals surface area (Å²) in [6.07, 6.45) is 0.332. The van der Waals surface area contributed by atoms with Gasteiger partial charge in [-0.3, -0.25) is 4.79 Å². The molecule has 1 atom stereocenters. The van der Waals surface area contributed by atoms with Gasteiger partial charge < -0.3 is 14.9 Å². The van der Waals surface area contributed by atoms with Crippen LogP contribution >= 0.6 is 15.9 Å². The van der Waals surface area contributed by atoms with Crippen LogP contribution in [0.2, 0.25) is 0 Å². The largest absolute Gasteiger partial charge is 0.468 e. The van der Waals surface area contributed by atoms with Crippen LogP contribution in [0.1, 0.15) is 5.76 Å². The summed E-state index contributed by atoms with van der Waals surface area (Å²) in [7, 11) is 1.32. The third-order valence-corrected chi connectivity index (χ3v) is 2.95. The number of nitrogens with two attached hydrogens (primary N) is 1. The zero-order chi connectivity index (χ0) is 12.4. The molecule has 2 N–H and O–H groups in total. The predicted octanol–water partition coefficient (Wildman–Crippen LogP) is 2.24. The van der Waals surface area contributed by atoms with E-state index in [9.17, 15) is 4.79 Å². The summed E-state index contributed by atoms with van der Waals surface area (Å²) in [6.45, 7) is 0. The Kier molecular flexibility index (Phi) is 3.49. The van der Waals surface area contributed by atoms with Gasteiger partial charge in [0.15, 0.2) is 0 Å². The number of hydrogen-bond donors (Lipinski definition) is 1. The maximum Gasteiger partial charge on any atom is 0.323 e. The fourth-order valence-corrected chi connectivity index (χ4v) is 2.00. The van der Waals surface area contributed by atoms with Gasteiger partial charge in [0.2, 0.25) is 0 Å². The van der Waals surface area contributed by atoms with E-state index in [1.54, 1.807) is 0 Å². The average molecular weight is 298 g/mol. The Morgan fingerprint density at radius 3 is 3.00 bits per heavy atom. The number of methoxy groups -OCH3 is 1. The Hall–Kier alpha value is -1.33. The molecule has 0 aliphatic heterocycles. The predicted molar refractivity (Wildman–Crippen MR) is 67.6 cm³/mol.